The van der Waals surface area contributed by atoms with Crippen molar-refractivity contribution < 1.29 is 4.79 Å². The Bertz CT molecular complexity index is 292. The first-order valence-electron chi connectivity index (χ1n) is 4.55. The summed E-state index contributed by atoms with van der Waals surface area (Å²) in [5, 5.41) is 0. The second-order valence-electron chi connectivity index (χ2n) is 2.88. The Kier molecular flexibility index (Phi) is 6.12. The maximum absolute atomic E-state index is 10.7. The minimum absolute atomic E-state index is 0.387. The molecule has 0 unspecified atom stereocenters. The third kappa shape index (κ3) is 5.14. The van der Waals surface area contributed by atoms with Crippen LogP contribution in [0.2, 0.25) is 0 Å². The standard InChI is InChI=1S/C12H17NO/c1-4-6-11(7-5-2)9-8-10(3)12(13)14/h4-9H,1-3H3,(H2,13,14)/b6-4-,7-5+,10-8+,11-9+. The van der Waals surface area contributed by atoms with Gasteiger partial charge < -0.3 is 5.73 Å². The Morgan fingerprint density at radius 3 is 1.93 bits per heavy atom. The van der Waals surface area contributed by atoms with E-state index in [9.17, 15) is 4.79 Å². The Balaban J connectivity index is 4.75. The van der Waals surface area contributed by atoms with E-state index in [2.05, 4.69) is 0 Å². The normalized spacial score (nSPS) is 14.2. The molecule has 2 nitrogen and oxygen atoms in total. The highest BCUT2D eigenvalue weighted by atomic mass is 16.1. The molecule has 0 aliphatic heterocycles. The van der Waals surface area contributed by atoms with Gasteiger partial charge in [-0.15, -0.1) is 0 Å². The fourth-order valence-electron chi connectivity index (χ4n) is 0.855. The van der Waals surface area contributed by atoms with Crippen LogP contribution in [0.1, 0.15) is 20.8 Å². The average molecular weight is 191 g/mol. The molecule has 0 spiro atoms. The van der Waals surface area contributed by atoms with Gasteiger partial charge in [-0.1, -0.05) is 36.5 Å². The van der Waals surface area contributed by atoms with Gasteiger partial charge in [0.25, 0.3) is 0 Å². The summed E-state index contributed by atoms with van der Waals surface area (Å²) in [5.41, 5.74) is 6.69. The van der Waals surface area contributed by atoms with E-state index in [1.807, 2.05) is 44.2 Å². The Labute approximate surface area is 85.5 Å². The van der Waals surface area contributed by atoms with Gasteiger partial charge in [0, 0.05) is 5.57 Å². The van der Waals surface area contributed by atoms with E-state index < -0.39 is 0 Å². The molecule has 0 aromatic rings. The summed E-state index contributed by atoms with van der Waals surface area (Å²) in [6, 6.07) is 0. The highest BCUT2D eigenvalue weighted by Crippen LogP contribution is 2.02. The molecule has 0 atom stereocenters. The lowest BCUT2D eigenvalue weighted by molar-refractivity contribution is -0.114. The van der Waals surface area contributed by atoms with Gasteiger partial charge in [-0.25, -0.2) is 0 Å². The van der Waals surface area contributed by atoms with E-state index in [1.54, 1.807) is 13.0 Å². The maximum atomic E-state index is 10.7. The fourth-order valence-corrected chi connectivity index (χ4v) is 0.855. The number of nitrogens with two attached hydrogens (primary N) is 1. The van der Waals surface area contributed by atoms with Crippen LogP contribution < -0.4 is 5.73 Å². The van der Waals surface area contributed by atoms with Gasteiger partial charge in [0.15, 0.2) is 0 Å². The van der Waals surface area contributed by atoms with E-state index in [4.69, 9.17) is 5.73 Å². The van der Waals surface area contributed by atoms with Gasteiger partial charge in [-0.3, -0.25) is 4.79 Å². The third-order valence-electron chi connectivity index (χ3n) is 1.63. The number of allylic oxidation sites excluding steroid dienone is 7. The van der Waals surface area contributed by atoms with Crippen LogP contribution in [-0.4, -0.2) is 5.91 Å². The lowest BCUT2D eigenvalue weighted by atomic mass is 10.1. The molecule has 2 N–H and O–H groups in total. The maximum Gasteiger partial charge on any atom is 0.244 e. The van der Waals surface area contributed by atoms with Crippen molar-refractivity contribution in [2.24, 2.45) is 5.73 Å². The van der Waals surface area contributed by atoms with Crippen molar-refractivity contribution in [1.29, 1.82) is 0 Å². The number of hydrogen-bond donors (Lipinski definition) is 1. The number of carbonyl (C=O) groups is 1. The van der Waals surface area contributed by atoms with Crippen molar-refractivity contribution in [2.75, 3.05) is 0 Å². The second kappa shape index (κ2) is 6.89. The minimum atomic E-state index is -0.387. The van der Waals surface area contributed by atoms with Crippen LogP contribution in [0.3, 0.4) is 0 Å². The zero-order valence-corrected chi connectivity index (χ0v) is 8.95. The Hall–Kier alpha value is -1.57. The van der Waals surface area contributed by atoms with Crippen molar-refractivity contribution in [3.05, 3.63) is 47.6 Å². The molecule has 1 amide bonds. The van der Waals surface area contributed by atoms with Crippen molar-refractivity contribution in [3.63, 3.8) is 0 Å². The van der Waals surface area contributed by atoms with E-state index in [0.717, 1.165) is 5.57 Å². The average Bonchev–Trinajstić information content (AvgIpc) is 2.14. The number of amides is 1. The first kappa shape index (κ1) is 12.4. The van der Waals surface area contributed by atoms with Crippen LogP contribution in [-0.2, 0) is 4.79 Å². The molecule has 0 fully saturated rings. The summed E-state index contributed by atoms with van der Waals surface area (Å²) >= 11 is 0. The number of hydrogen-bond acceptors (Lipinski definition) is 1. The van der Waals surface area contributed by atoms with Crippen LogP contribution in [0.4, 0.5) is 0 Å². The number of primary amides is 1. The summed E-state index contributed by atoms with van der Waals surface area (Å²) in [7, 11) is 0. The summed E-state index contributed by atoms with van der Waals surface area (Å²) < 4.78 is 0. The van der Waals surface area contributed by atoms with Gasteiger partial charge in [0.2, 0.25) is 5.91 Å². The molecule has 0 radical (unpaired) electrons. The van der Waals surface area contributed by atoms with Crippen molar-refractivity contribution in [3.8, 4) is 0 Å². The van der Waals surface area contributed by atoms with Crippen LogP contribution in [0.5, 0.6) is 0 Å². The molecule has 0 aliphatic carbocycles. The van der Waals surface area contributed by atoms with Gasteiger partial charge in [-0.2, -0.15) is 0 Å². The lowest BCUT2D eigenvalue weighted by Crippen LogP contribution is -2.11. The lowest BCUT2D eigenvalue weighted by Gasteiger charge is -1.93. The van der Waals surface area contributed by atoms with E-state index in [-0.39, 0.29) is 5.91 Å². The second-order valence-corrected chi connectivity index (χ2v) is 2.88. The summed E-state index contributed by atoms with van der Waals surface area (Å²) in [4.78, 5) is 10.7. The van der Waals surface area contributed by atoms with Gasteiger partial charge >= 0.3 is 0 Å². The minimum Gasteiger partial charge on any atom is -0.366 e. The largest absolute Gasteiger partial charge is 0.366 e. The molecule has 0 saturated heterocycles. The zero-order chi connectivity index (χ0) is 11.0. The molecule has 0 rings (SSSR count). The Morgan fingerprint density at radius 2 is 1.57 bits per heavy atom. The topological polar surface area (TPSA) is 43.1 Å². The van der Waals surface area contributed by atoms with Gasteiger partial charge in [0.1, 0.15) is 0 Å². The zero-order valence-electron chi connectivity index (χ0n) is 8.95. The molecule has 0 heterocycles. The fraction of sp³-hybridized carbons (Fsp3) is 0.250. The SMILES string of the molecule is C\C=C/C(=C\C=C(/C)C(N)=O)/C=C/C. The molecular formula is C12H17NO. The highest BCUT2D eigenvalue weighted by molar-refractivity contribution is 5.91. The van der Waals surface area contributed by atoms with E-state index in [0.29, 0.717) is 5.57 Å². The summed E-state index contributed by atoms with van der Waals surface area (Å²) in [6.07, 6.45) is 11.4. The van der Waals surface area contributed by atoms with Gasteiger partial charge in [-0.05, 0) is 26.3 Å². The monoisotopic (exact) mass is 191 g/mol. The molecule has 2 heteroatoms. The van der Waals surface area contributed by atoms with Crippen LogP contribution >= 0.6 is 0 Å². The van der Waals surface area contributed by atoms with Crippen LogP contribution in [0.15, 0.2) is 47.6 Å². The van der Waals surface area contributed by atoms with Gasteiger partial charge in [0.05, 0.1) is 0 Å². The first-order valence-corrected chi connectivity index (χ1v) is 4.55. The predicted octanol–water partition coefficient (Wildman–Crippen LogP) is 2.50. The molecule has 14 heavy (non-hydrogen) atoms. The predicted molar refractivity (Wildman–Crippen MR) is 60.7 cm³/mol. The summed E-state index contributed by atoms with van der Waals surface area (Å²) in [6.45, 7) is 5.59. The van der Waals surface area contributed by atoms with Crippen molar-refractivity contribution >= 4 is 5.91 Å². The van der Waals surface area contributed by atoms with Crippen LogP contribution in [0.25, 0.3) is 0 Å². The molecule has 0 aliphatic rings. The number of rotatable bonds is 4. The quantitative estimate of drug-likeness (QED) is 0.538. The van der Waals surface area contributed by atoms with Crippen molar-refractivity contribution in [1.82, 2.24) is 0 Å². The Morgan fingerprint density at radius 1 is 1.07 bits per heavy atom. The van der Waals surface area contributed by atoms with Crippen molar-refractivity contribution in [2.45, 2.75) is 20.8 Å². The molecule has 0 aromatic heterocycles. The van der Waals surface area contributed by atoms with E-state index in [1.165, 1.54) is 0 Å². The molecule has 0 aromatic carbocycles. The first-order chi connectivity index (χ1) is 6.61. The third-order valence-corrected chi connectivity index (χ3v) is 1.63. The molecular weight excluding hydrogens is 174 g/mol. The number of carbonyl (C=O) groups excluding carboxylic acids is 1. The highest BCUT2D eigenvalue weighted by Gasteiger charge is 1.93. The smallest absolute Gasteiger partial charge is 0.244 e. The molecule has 0 bridgehead atoms. The molecule has 76 valence electrons. The molecule has 0 saturated carbocycles. The van der Waals surface area contributed by atoms with Crippen LogP contribution in [0, 0.1) is 0 Å². The van der Waals surface area contributed by atoms with E-state index >= 15 is 0 Å². The summed E-state index contributed by atoms with van der Waals surface area (Å²) in [5.74, 6) is -0.387.